The van der Waals surface area contributed by atoms with Gasteiger partial charge in [-0.25, -0.2) is 13.1 Å². The van der Waals surface area contributed by atoms with E-state index in [0.29, 0.717) is 18.7 Å². The van der Waals surface area contributed by atoms with E-state index in [0.717, 1.165) is 30.5 Å². The lowest BCUT2D eigenvalue weighted by atomic mass is 10.1. The van der Waals surface area contributed by atoms with Crippen LogP contribution in [-0.4, -0.2) is 44.8 Å². The second kappa shape index (κ2) is 10.0. The number of sulfonamides is 1. The summed E-state index contributed by atoms with van der Waals surface area (Å²) in [6.07, 6.45) is 2.51. The SMILES string of the molecule is CNS(=O)(=O)c1ccc(CCC(=O)Nc2cccc(CN3CCCC3C(N)=O)c2)cc1. The van der Waals surface area contributed by atoms with E-state index in [4.69, 9.17) is 5.73 Å². The average molecular weight is 445 g/mol. The first-order valence-corrected chi connectivity index (χ1v) is 11.7. The summed E-state index contributed by atoms with van der Waals surface area (Å²) in [7, 11) is -2.10. The maximum Gasteiger partial charge on any atom is 0.240 e. The molecule has 1 heterocycles. The van der Waals surface area contributed by atoms with Crippen molar-refractivity contribution in [3.63, 3.8) is 0 Å². The Morgan fingerprint density at radius 2 is 1.87 bits per heavy atom. The van der Waals surface area contributed by atoms with Crippen molar-refractivity contribution in [3.05, 3.63) is 59.7 Å². The Labute approximate surface area is 182 Å². The van der Waals surface area contributed by atoms with Crippen molar-refractivity contribution < 1.29 is 18.0 Å². The lowest BCUT2D eigenvalue weighted by molar-refractivity contribution is -0.122. The average Bonchev–Trinajstić information content (AvgIpc) is 3.21. The number of nitrogens with one attached hydrogen (secondary N) is 2. The van der Waals surface area contributed by atoms with E-state index in [1.165, 1.54) is 19.2 Å². The lowest BCUT2D eigenvalue weighted by Crippen LogP contribution is -2.39. The number of anilines is 1. The van der Waals surface area contributed by atoms with Crippen LogP contribution in [0.2, 0.25) is 0 Å². The summed E-state index contributed by atoms with van der Waals surface area (Å²) in [4.78, 5) is 26.2. The zero-order valence-electron chi connectivity index (χ0n) is 17.5. The zero-order chi connectivity index (χ0) is 22.4. The number of carbonyl (C=O) groups is 2. The van der Waals surface area contributed by atoms with Crippen molar-refractivity contribution in [2.45, 2.75) is 43.2 Å². The predicted molar refractivity (Wildman–Crippen MR) is 119 cm³/mol. The largest absolute Gasteiger partial charge is 0.368 e. The van der Waals surface area contributed by atoms with Gasteiger partial charge in [-0.2, -0.15) is 0 Å². The molecule has 31 heavy (non-hydrogen) atoms. The number of likely N-dealkylation sites (tertiary alicyclic amines) is 1. The molecule has 0 radical (unpaired) electrons. The second-order valence-electron chi connectivity index (χ2n) is 7.63. The van der Waals surface area contributed by atoms with Crippen LogP contribution < -0.4 is 15.8 Å². The maximum atomic E-state index is 12.4. The molecule has 2 aromatic carbocycles. The molecule has 1 unspecified atom stereocenters. The van der Waals surface area contributed by atoms with Crippen molar-refractivity contribution in [2.75, 3.05) is 18.9 Å². The van der Waals surface area contributed by atoms with Gasteiger partial charge in [-0.1, -0.05) is 24.3 Å². The molecular weight excluding hydrogens is 416 g/mol. The van der Waals surface area contributed by atoms with Crippen LogP contribution in [-0.2, 0) is 32.6 Å². The summed E-state index contributed by atoms with van der Waals surface area (Å²) in [5, 5.41) is 2.90. The molecule has 8 nitrogen and oxygen atoms in total. The van der Waals surface area contributed by atoms with Crippen molar-refractivity contribution >= 4 is 27.5 Å². The van der Waals surface area contributed by atoms with Gasteiger partial charge in [0.25, 0.3) is 0 Å². The smallest absolute Gasteiger partial charge is 0.240 e. The molecule has 166 valence electrons. The molecule has 1 atom stereocenters. The highest BCUT2D eigenvalue weighted by Crippen LogP contribution is 2.21. The minimum absolute atomic E-state index is 0.125. The van der Waals surface area contributed by atoms with Gasteiger partial charge in [0.2, 0.25) is 21.8 Å². The predicted octanol–water partition coefficient (Wildman–Crippen LogP) is 1.62. The molecular formula is C22H28N4O4S. The number of amides is 2. The molecule has 0 spiro atoms. The molecule has 4 N–H and O–H groups in total. The molecule has 1 fully saturated rings. The van der Waals surface area contributed by atoms with Crippen LogP contribution in [0.1, 0.15) is 30.4 Å². The summed E-state index contributed by atoms with van der Waals surface area (Å²) >= 11 is 0. The number of carbonyl (C=O) groups excluding carboxylic acids is 2. The Balaban J connectivity index is 1.54. The summed E-state index contributed by atoms with van der Waals surface area (Å²) in [5.41, 5.74) is 8.07. The van der Waals surface area contributed by atoms with Crippen molar-refractivity contribution in [1.29, 1.82) is 0 Å². The first-order valence-electron chi connectivity index (χ1n) is 10.2. The minimum Gasteiger partial charge on any atom is -0.368 e. The molecule has 3 rings (SSSR count). The minimum atomic E-state index is -3.47. The first-order chi connectivity index (χ1) is 14.8. The van der Waals surface area contributed by atoms with E-state index >= 15 is 0 Å². The molecule has 1 saturated heterocycles. The molecule has 2 aromatic rings. The lowest BCUT2D eigenvalue weighted by Gasteiger charge is -2.22. The van der Waals surface area contributed by atoms with E-state index < -0.39 is 10.0 Å². The Kier molecular flexibility index (Phi) is 7.42. The second-order valence-corrected chi connectivity index (χ2v) is 9.52. The molecule has 0 aliphatic carbocycles. The van der Waals surface area contributed by atoms with Gasteiger partial charge < -0.3 is 11.1 Å². The summed E-state index contributed by atoms with van der Waals surface area (Å²) in [6, 6.07) is 13.8. The van der Waals surface area contributed by atoms with Crippen molar-refractivity contribution in [3.8, 4) is 0 Å². The quantitative estimate of drug-likeness (QED) is 0.543. The van der Waals surface area contributed by atoms with Crippen molar-refractivity contribution in [2.24, 2.45) is 5.73 Å². The van der Waals surface area contributed by atoms with Crippen molar-refractivity contribution in [1.82, 2.24) is 9.62 Å². The fraction of sp³-hybridized carbons (Fsp3) is 0.364. The molecule has 1 aliphatic heterocycles. The van der Waals surface area contributed by atoms with E-state index in [2.05, 4.69) is 14.9 Å². The van der Waals surface area contributed by atoms with Gasteiger partial charge in [0.05, 0.1) is 10.9 Å². The summed E-state index contributed by atoms with van der Waals surface area (Å²) in [6.45, 7) is 1.44. The highest BCUT2D eigenvalue weighted by Gasteiger charge is 2.28. The van der Waals surface area contributed by atoms with E-state index in [1.54, 1.807) is 12.1 Å². The standard InChI is InChI=1S/C22H28N4O4S/c1-24-31(29,30)19-10-7-16(8-11-19)9-12-21(27)25-18-5-2-4-17(14-18)15-26-13-3-6-20(26)22(23)28/h2,4-5,7-8,10-11,14,20,24H,3,6,9,12-13,15H2,1H3,(H2,23,28)(H,25,27). The van der Waals surface area contributed by atoms with Gasteiger partial charge in [0.1, 0.15) is 0 Å². The van der Waals surface area contributed by atoms with E-state index in [9.17, 15) is 18.0 Å². The number of nitrogens with two attached hydrogens (primary N) is 1. The molecule has 0 bridgehead atoms. The highest BCUT2D eigenvalue weighted by molar-refractivity contribution is 7.89. The summed E-state index contributed by atoms with van der Waals surface area (Å²) < 4.78 is 25.8. The van der Waals surface area contributed by atoms with Crippen LogP contribution in [0.25, 0.3) is 0 Å². The Morgan fingerprint density at radius 1 is 1.13 bits per heavy atom. The number of nitrogens with zero attached hydrogens (tertiary/aromatic N) is 1. The van der Waals surface area contributed by atoms with Gasteiger partial charge in [-0.3, -0.25) is 14.5 Å². The number of benzene rings is 2. The van der Waals surface area contributed by atoms with Gasteiger partial charge in [0.15, 0.2) is 0 Å². The van der Waals surface area contributed by atoms with Gasteiger partial charge in [-0.05, 0) is 68.2 Å². The normalized spacial score (nSPS) is 16.9. The van der Waals surface area contributed by atoms with Crippen LogP contribution >= 0.6 is 0 Å². The zero-order valence-corrected chi connectivity index (χ0v) is 18.3. The van der Waals surface area contributed by atoms with Gasteiger partial charge in [0, 0.05) is 18.7 Å². The highest BCUT2D eigenvalue weighted by atomic mass is 32.2. The molecule has 1 aliphatic rings. The topological polar surface area (TPSA) is 122 Å². The molecule has 2 amide bonds. The molecule has 0 saturated carbocycles. The first kappa shape index (κ1) is 22.9. The number of aryl methyl sites for hydroxylation is 1. The third-order valence-electron chi connectivity index (χ3n) is 5.43. The number of primary amides is 1. The number of rotatable bonds is 9. The van der Waals surface area contributed by atoms with E-state index in [1.807, 2.05) is 24.3 Å². The Bertz CT molecular complexity index is 1040. The fourth-order valence-electron chi connectivity index (χ4n) is 3.75. The number of hydrogen-bond donors (Lipinski definition) is 3. The van der Waals surface area contributed by atoms with Gasteiger partial charge in [-0.15, -0.1) is 0 Å². The molecule has 9 heteroatoms. The van der Waals surface area contributed by atoms with Crippen LogP contribution in [0.4, 0.5) is 5.69 Å². The van der Waals surface area contributed by atoms with E-state index in [-0.39, 0.29) is 29.2 Å². The third kappa shape index (κ3) is 6.13. The molecule has 0 aromatic heterocycles. The summed E-state index contributed by atoms with van der Waals surface area (Å²) in [5.74, 6) is -0.418. The Morgan fingerprint density at radius 3 is 2.55 bits per heavy atom. The number of hydrogen-bond acceptors (Lipinski definition) is 5. The third-order valence-corrected chi connectivity index (χ3v) is 6.86. The van der Waals surface area contributed by atoms with Crippen LogP contribution in [0, 0.1) is 0 Å². The monoisotopic (exact) mass is 444 g/mol. The van der Waals surface area contributed by atoms with Crippen LogP contribution in [0.5, 0.6) is 0 Å². The maximum absolute atomic E-state index is 12.4. The van der Waals surface area contributed by atoms with Crippen LogP contribution in [0.15, 0.2) is 53.4 Å². The Hall–Kier alpha value is -2.75. The van der Waals surface area contributed by atoms with Gasteiger partial charge >= 0.3 is 0 Å². The van der Waals surface area contributed by atoms with Crippen LogP contribution in [0.3, 0.4) is 0 Å². The fourth-order valence-corrected chi connectivity index (χ4v) is 4.48.